The summed E-state index contributed by atoms with van der Waals surface area (Å²) in [5, 5.41) is 13.8. The number of carbonyl (C=O) groups is 1. The standard InChI is InChI=1S/C32H49FN2O5/c1-7-32(8-2,25-11-13-26(33)14-12-25)31(37)35-21-28(36)27(34)20-24(22(3)4)18-23-10-15-29(39-6)30(19-23)40-17-9-16-38-5/h10-15,19,22,24,27-28,36H,7-9,16-18,20-21,34H2,1-6H3,(H,35,37). The van der Waals surface area contributed by atoms with E-state index < -0.39 is 17.6 Å². The van der Waals surface area contributed by atoms with Crippen LogP contribution in [0.2, 0.25) is 0 Å². The summed E-state index contributed by atoms with van der Waals surface area (Å²) in [4.78, 5) is 13.3. The van der Waals surface area contributed by atoms with Crippen LogP contribution >= 0.6 is 0 Å². The third-order valence-corrected chi connectivity index (χ3v) is 8.00. The van der Waals surface area contributed by atoms with E-state index in [2.05, 4.69) is 19.2 Å². The quantitative estimate of drug-likeness (QED) is 0.221. The Kier molecular flexibility index (Phi) is 13.9. The molecular weight excluding hydrogens is 511 g/mol. The van der Waals surface area contributed by atoms with Crippen molar-refractivity contribution >= 4 is 5.91 Å². The van der Waals surface area contributed by atoms with Crippen LogP contribution in [0.5, 0.6) is 11.5 Å². The molecule has 2 rings (SSSR count). The van der Waals surface area contributed by atoms with Crippen LogP contribution in [-0.4, -0.2) is 57.1 Å². The van der Waals surface area contributed by atoms with Crippen LogP contribution in [0.3, 0.4) is 0 Å². The Morgan fingerprint density at radius 2 is 1.73 bits per heavy atom. The first-order chi connectivity index (χ1) is 19.1. The molecule has 0 heterocycles. The van der Waals surface area contributed by atoms with Crippen molar-refractivity contribution in [2.75, 3.05) is 34.0 Å². The van der Waals surface area contributed by atoms with Crippen molar-refractivity contribution in [3.05, 3.63) is 59.4 Å². The molecule has 0 aromatic heterocycles. The number of nitrogens with two attached hydrogens (primary N) is 1. The summed E-state index contributed by atoms with van der Waals surface area (Å²) in [6.07, 6.45) is 2.35. The van der Waals surface area contributed by atoms with Crippen LogP contribution in [0.1, 0.15) is 64.5 Å². The minimum atomic E-state index is -0.902. The maximum absolute atomic E-state index is 13.5. The third kappa shape index (κ3) is 9.18. The lowest BCUT2D eigenvalue weighted by molar-refractivity contribution is -0.127. The fourth-order valence-electron chi connectivity index (χ4n) is 5.14. The van der Waals surface area contributed by atoms with Crippen molar-refractivity contribution in [3.63, 3.8) is 0 Å². The molecule has 8 heteroatoms. The van der Waals surface area contributed by atoms with Gasteiger partial charge in [-0.3, -0.25) is 4.79 Å². The number of benzene rings is 2. The van der Waals surface area contributed by atoms with E-state index in [0.29, 0.717) is 49.9 Å². The zero-order valence-electron chi connectivity index (χ0n) is 25.0. The van der Waals surface area contributed by atoms with Gasteiger partial charge in [0, 0.05) is 32.7 Å². The van der Waals surface area contributed by atoms with Gasteiger partial charge in [0.1, 0.15) is 5.82 Å². The highest BCUT2D eigenvalue weighted by atomic mass is 19.1. The van der Waals surface area contributed by atoms with E-state index in [1.165, 1.54) is 12.1 Å². The number of amides is 1. The molecule has 2 aromatic rings. The average Bonchev–Trinajstić information content (AvgIpc) is 2.95. The molecule has 0 saturated carbocycles. The minimum absolute atomic E-state index is 0.0513. The molecular formula is C32H49FN2O5. The van der Waals surface area contributed by atoms with Crippen molar-refractivity contribution < 1.29 is 28.5 Å². The van der Waals surface area contributed by atoms with Crippen molar-refractivity contribution in [2.24, 2.45) is 17.6 Å². The van der Waals surface area contributed by atoms with E-state index >= 15 is 0 Å². The highest BCUT2D eigenvalue weighted by Crippen LogP contribution is 2.33. The largest absolute Gasteiger partial charge is 0.493 e. The predicted octanol–water partition coefficient (Wildman–Crippen LogP) is 5.02. The molecule has 0 saturated heterocycles. The number of nitrogens with one attached hydrogen (secondary N) is 1. The van der Waals surface area contributed by atoms with Gasteiger partial charge in [-0.1, -0.05) is 45.9 Å². The third-order valence-electron chi connectivity index (χ3n) is 8.00. The number of carbonyl (C=O) groups excluding carboxylic acids is 1. The molecule has 0 fully saturated rings. The summed E-state index contributed by atoms with van der Waals surface area (Å²) >= 11 is 0. The number of ether oxygens (including phenoxy) is 3. The SMILES string of the molecule is CCC(CC)(C(=O)NCC(O)C(N)CC(Cc1ccc(OC)c(OCCCOC)c1)C(C)C)c1ccc(F)cc1. The lowest BCUT2D eigenvalue weighted by atomic mass is 9.75. The van der Waals surface area contributed by atoms with Crippen molar-refractivity contribution in [1.82, 2.24) is 5.32 Å². The monoisotopic (exact) mass is 560 g/mol. The Labute approximate surface area is 239 Å². The second kappa shape index (κ2) is 16.6. The Morgan fingerprint density at radius 1 is 1.05 bits per heavy atom. The fourth-order valence-corrected chi connectivity index (χ4v) is 5.14. The molecule has 0 bridgehead atoms. The average molecular weight is 561 g/mol. The molecule has 0 spiro atoms. The molecule has 0 aliphatic carbocycles. The molecule has 3 atom stereocenters. The van der Waals surface area contributed by atoms with E-state index in [0.717, 1.165) is 24.0 Å². The summed E-state index contributed by atoms with van der Waals surface area (Å²) in [5.41, 5.74) is 7.54. The lowest BCUT2D eigenvalue weighted by Gasteiger charge is -2.32. The van der Waals surface area contributed by atoms with Gasteiger partial charge in [-0.05, 0) is 72.9 Å². The van der Waals surface area contributed by atoms with E-state index in [1.54, 1.807) is 26.4 Å². The van der Waals surface area contributed by atoms with Gasteiger partial charge in [-0.25, -0.2) is 4.39 Å². The van der Waals surface area contributed by atoms with Crippen LogP contribution in [0, 0.1) is 17.7 Å². The van der Waals surface area contributed by atoms with Crippen molar-refractivity contribution in [3.8, 4) is 11.5 Å². The molecule has 0 aliphatic rings. The molecule has 1 amide bonds. The first kappa shape index (κ1) is 33.5. The Hall–Kier alpha value is -2.68. The number of aliphatic hydroxyl groups is 1. The zero-order valence-corrected chi connectivity index (χ0v) is 25.0. The van der Waals surface area contributed by atoms with E-state index in [4.69, 9.17) is 19.9 Å². The number of methoxy groups -OCH3 is 2. The van der Waals surface area contributed by atoms with Crippen LogP contribution < -0.4 is 20.5 Å². The summed E-state index contributed by atoms with van der Waals surface area (Å²) in [7, 11) is 3.29. The van der Waals surface area contributed by atoms with Crippen molar-refractivity contribution in [2.45, 2.75) is 77.4 Å². The van der Waals surface area contributed by atoms with E-state index in [1.807, 2.05) is 32.0 Å². The first-order valence-electron chi connectivity index (χ1n) is 14.4. The van der Waals surface area contributed by atoms with Gasteiger partial charge in [0.2, 0.25) is 5.91 Å². The second-order valence-corrected chi connectivity index (χ2v) is 10.9. The summed E-state index contributed by atoms with van der Waals surface area (Å²) in [6.45, 7) is 9.39. The Morgan fingerprint density at radius 3 is 2.30 bits per heavy atom. The number of rotatable bonds is 18. The molecule has 224 valence electrons. The molecule has 7 nitrogen and oxygen atoms in total. The number of halogens is 1. The Balaban J connectivity index is 2.03. The lowest BCUT2D eigenvalue weighted by Crippen LogP contribution is -2.50. The summed E-state index contributed by atoms with van der Waals surface area (Å²) < 4.78 is 30.0. The smallest absolute Gasteiger partial charge is 0.230 e. The van der Waals surface area contributed by atoms with Gasteiger partial charge in [0.05, 0.1) is 25.2 Å². The van der Waals surface area contributed by atoms with Crippen molar-refractivity contribution in [1.29, 1.82) is 0 Å². The molecule has 0 radical (unpaired) electrons. The Bertz CT molecular complexity index is 1030. The summed E-state index contributed by atoms with van der Waals surface area (Å²) in [5.74, 6) is 1.38. The maximum atomic E-state index is 13.5. The van der Waals surface area contributed by atoms with E-state index in [-0.39, 0.29) is 24.2 Å². The fraction of sp³-hybridized carbons (Fsp3) is 0.594. The van der Waals surface area contributed by atoms with Crippen LogP contribution in [0.25, 0.3) is 0 Å². The van der Waals surface area contributed by atoms with Gasteiger partial charge in [0.25, 0.3) is 0 Å². The molecule has 2 aromatic carbocycles. The normalized spacial score (nSPS) is 14.1. The highest BCUT2D eigenvalue weighted by Gasteiger charge is 2.37. The van der Waals surface area contributed by atoms with Gasteiger partial charge < -0.3 is 30.4 Å². The molecule has 3 unspecified atom stereocenters. The summed E-state index contributed by atoms with van der Waals surface area (Å²) in [6, 6.07) is 11.5. The molecule has 0 aliphatic heterocycles. The topological polar surface area (TPSA) is 103 Å². The first-order valence-corrected chi connectivity index (χ1v) is 14.4. The molecule has 4 N–H and O–H groups in total. The van der Waals surface area contributed by atoms with Gasteiger partial charge >= 0.3 is 0 Å². The predicted molar refractivity (Wildman–Crippen MR) is 157 cm³/mol. The number of hydrogen-bond donors (Lipinski definition) is 3. The van der Waals surface area contributed by atoms with E-state index in [9.17, 15) is 14.3 Å². The van der Waals surface area contributed by atoms with Crippen LogP contribution in [0.4, 0.5) is 4.39 Å². The zero-order chi connectivity index (χ0) is 29.7. The van der Waals surface area contributed by atoms with Gasteiger partial charge in [-0.2, -0.15) is 0 Å². The van der Waals surface area contributed by atoms with Gasteiger partial charge in [-0.15, -0.1) is 0 Å². The highest BCUT2D eigenvalue weighted by molar-refractivity contribution is 5.88. The second-order valence-electron chi connectivity index (χ2n) is 10.9. The number of aliphatic hydroxyl groups excluding tert-OH is 1. The maximum Gasteiger partial charge on any atom is 0.230 e. The van der Waals surface area contributed by atoms with Crippen LogP contribution in [-0.2, 0) is 21.4 Å². The van der Waals surface area contributed by atoms with Crippen LogP contribution in [0.15, 0.2) is 42.5 Å². The minimum Gasteiger partial charge on any atom is -0.493 e. The van der Waals surface area contributed by atoms with Gasteiger partial charge in [0.15, 0.2) is 11.5 Å². The molecule has 40 heavy (non-hydrogen) atoms. The number of hydrogen-bond acceptors (Lipinski definition) is 6.